The summed E-state index contributed by atoms with van der Waals surface area (Å²) in [5.41, 5.74) is -0.520. The molecule has 0 saturated heterocycles. The quantitative estimate of drug-likeness (QED) is 0.829. The molecule has 0 atom stereocenters. The zero-order chi connectivity index (χ0) is 15.3. The molecule has 0 saturated carbocycles. The van der Waals surface area contributed by atoms with Gasteiger partial charge in [-0.05, 0) is 18.2 Å². The summed E-state index contributed by atoms with van der Waals surface area (Å²) in [7, 11) is 0. The molecule has 0 spiro atoms. The zero-order valence-corrected chi connectivity index (χ0v) is 10.9. The number of rotatable bonds is 5. The lowest BCUT2D eigenvalue weighted by atomic mass is 10.2. The molecule has 2 rings (SSSR count). The van der Waals surface area contributed by atoms with E-state index in [0.29, 0.717) is 12.4 Å². The SMILES string of the molecule is C=CCNc1cnnc(Nc2cccc(C(F)(F)F)c2)n1. The highest BCUT2D eigenvalue weighted by atomic mass is 19.4. The summed E-state index contributed by atoms with van der Waals surface area (Å²) in [6.45, 7) is 4.04. The molecule has 5 nitrogen and oxygen atoms in total. The molecule has 0 radical (unpaired) electrons. The van der Waals surface area contributed by atoms with Gasteiger partial charge in [0.05, 0.1) is 11.8 Å². The lowest BCUT2D eigenvalue weighted by Gasteiger charge is -2.10. The summed E-state index contributed by atoms with van der Waals surface area (Å²) in [6, 6.07) is 4.76. The molecule has 0 amide bonds. The average Bonchev–Trinajstić information content (AvgIpc) is 2.45. The van der Waals surface area contributed by atoms with Gasteiger partial charge in [0, 0.05) is 12.2 Å². The largest absolute Gasteiger partial charge is 0.416 e. The number of halogens is 3. The van der Waals surface area contributed by atoms with E-state index >= 15 is 0 Å². The molecule has 8 heteroatoms. The van der Waals surface area contributed by atoms with Crippen LogP contribution in [0.2, 0.25) is 0 Å². The van der Waals surface area contributed by atoms with E-state index in [1.165, 1.54) is 18.3 Å². The van der Waals surface area contributed by atoms with Crippen LogP contribution < -0.4 is 10.6 Å². The Labute approximate surface area is 118 Å². The first kappa shape index (κ1) is 14.8. The number of anilines is 3. The number of alkyl halides is 3. The summed E-state index contributed by atoms with van der Waals surface area (Å²) < 4.78 is 37.9. The van der Waals surface area contributed by atoms with Gasteiger partial charge in [-0.25, -0.2) is 0 Å². The Morgan fingerprint density at radius 2 is 2.10 bits per heavy atom. The number of nitrogens with zero attached hydrogens (tertiary/aromatic N) is 3. The highest BCUT2D eigenvalue weighted by Gasteiger charge is 2.30. The van der Waals surface area contributed by atoms with Gasteiger partial charge in [-0.2, -0.15) is 23.3 Å². The zero-order valence-electron chi connectivity index (χ0n) is 10.9. The van der Waals surface area contributed by atoms with Gasteiger partial charge in [0.2, 0.25) is 5.95 Å². The van der Waals surface area contributed by atoms with Crippen molar-refractivity contribution in [1.82, 2.24) is 15.2 Å². The number of hydrogen-bond donors (Lipinski definition) is 2. The highest BCUT2D eigenvalue weighted by Crippen LogP contribution is 2.31. The first-order chi connectivity index (χ1) is 9.99. The van der Waals surface area contributed by atoms with Crippen molar-refractivity contribution in [3.05, 3.63) is 48.7 Å². The average molecular weight is 295 g/mol. The Hall–Kier alpha value is -2.64. The Bertz CT molecular complexity index is 627. The molecule has 110 valence electrons. The fraction of sp³-hybridized carbons (Fsp3) is 0.154. The van der Waals surface area contributed by atoms with E-state index in [0.717, 1.165) is 12.1 Å². The van der Waals surface area contributed by atoms with Crippen molar-refractivity contribution < 1.29 is 13.2 Å². The summed E-state index contributed by atoms with van der Waals surface area (Å²) >= 11 is 0. The normalized spacial score (nSPS) is 11.0. The maximum Gasteiger partial charge on any atom is 0.416 e. The smallest absolute Gasteiger partial charge is 0.365 e. The Morgan fingerprint density at radius 1 is 1.29 bits per heavy atom. The second-order valence-electron chi connectivity index (χ2n) is 4.04. The molecule has 1 aromatic heterocycles. The highest BCUT2D eigenvalue weighted by molar-refractivity contribution is 5.55. The van der Waals surface area contributed by atoms with Crippen LogP contribution >= 0.6 is 0 Å². The van der Waals surface area contributed by atoms with Crippen molar-refractivity contribution in [1.29, 1.82) is 0 Å². The Morgan fingerprint density at radius 3 is 2.81 bits per heavy atom. The third kappa shape index (κ3) is 4.16. The van der Waals surface area contributed by atoms with Crippen LogP contribution in [0, 0.1) is 0 Å². The minimum Gasteiger partial charge on any atom is -0.365 e. The molecular formula is C13H12F3N5. The molecule has 0 aliphatic rings. The molecule has 21 heavy (non-hydrogen) atoms. The Balaban J connectivity index is 2.16. The number of hydrogen-bond acceptors (Lipinski definition) is 5. The van der Waals surface area contributed by atoms with E-state index in [2.05, 4.69) is 32.4 Å². The monoisotopic (exact) mass is 295 g/mol. The van der Waals surface area contributed by atoms with Gasteiger partial charge in [-0.3, -0.25) is 0 Å². The van der Waals surface area contributed by atoms with E-state index < -0.39 is 11.7 Å². The van der Waals surface area contributed by atoms with E-state index in [1.807, 2.05) is 0 Å². The fourth-order valence-corrected chi connectivity index (χ4v) is 1.52. The van der Waals surface area contributed by atoms with Crippen molar-refractivity contribution in [3.63, 3.8) is 0 Å². The predicted octanol–water partition coefficient (Wildman–Crippen LogP) is 3.23. The predicted molar refractivity (Wildman–Crippen MR) is 73.2 cm³/mol. The molecule has 1 aromatic carbocycles. The van der Waals surface area contributed by atoms with E-state index in [-0.39, 0.29) is 11.6 Å². The van der Waals surface area contributed by atoms with Gasteiger partial charge < -0.3 is 10.6 Å². The molecular weight excluding hydrogens is 283 g/mol. The van der Waals surface area contributed by atoms with Crippen LogP contribution in [0.4, 0.5) is 30.6 Å². The van der Waals surface area contributed by atoms with Crippen LogP contribution in [0.25, 0.3) is 0 Å². The summed E-state index contributed by atoms with van der Waals surface area (Å²) in [6.07, 6.45) is -1.35. The molecule has 0 bridgehead atoms. The molecule has 2 N–H and O–H groups in total. The third-order valence-corrected chi connectivity index (χ3v) is 2.43. The van der Waals surface area contributed by atoms with Crippen molar-refractivity contribution >= 4 is 17.5 Å². The maximum atomic E-state index is 12.6. The van der Waals surface area contributed by atoms with Crippen LogP contribution in [-0.2, 0) is 6.18 Å². The van der Waals surface area contributed by atoms with Gasteiger partial charge in [-0.15, -0.1) is 11.7 Å². The van der Waals surface area contributed by atoms with Crippen LogP contribution in [0.3, 0.4) is 0 Å². The number of benzene rings is 1. The minimum absolute atomic E-state index is 0.100. The van der Waals surface area contributed by atoms with Gasteiger partial charge in [0.25, 0.3) is 0 Å². The van der Waals surface area contributed by atoms with Crippen LogP contribution in [0.15, 0.2) is 43.1 Å². The first-order valence-corrected chi connectivity index (χ1v) is 5.98. The minimum atomic E-state index is -4.40. The maximum absolute atomic E-state index is 12.6. The van der Waals surface area contributed by atoms with E-state index in [9.17, 15) is 13.2 Å². The summed E-state index contributed by atoms with van der Waals surface area (Å²) in [5, 5.41) is 13.0. The number of aromatic nitrogens is 3. The standard InChI is InChI=1S/C13H12F3N5/c1-2-6-17-11-8-18-21-12(20-11)19-10-5-3-4-9(7-10)13(14,15)16/h2-5,7-8H,1,6H2,(H2,17,19,20,21). The third-order valence-electron chi connectivity index (χ3n) is 2.43. The molecule has 0 aliphatic carbocycles. The summed E-state index contributed by atoms with van der Waals surface area (Å²) in [4.78, 5) is 4.07. The van der Waals surface area contributed by atoms with Crippen LogP contribution in [0.1, 0.15) is 5.56 Å². The van der Waals surface area contributed by atoms with Gasteiger partial charge in [0.15, 0.2) is 5.82 Å². The second kappa shape index (κ2) is 6.21. The van der Waals surface area contributed by atoms with Crippen LogP contribution in [-0.4, -0.2) is 21.7 Å². The van der Waals surface area contributed by atoms with Crippen molar-refractivity contribution in [2.24, 2.45) is 0 Å². The van der Waals surface area contributed by atoms with Crippen LogP contribution in [0.5, 0.6) is 0 Å². The van der Waals surface area contributed by atoms with E-state index in [4.69, 9.17) is 0 Å². The number of nitrogens with one attached hydrogen (secondary N) is 2. The lowest BCUT2D eigenvalue weighted by Crippen LogP contribution is -2.07. The topological polar surface area (TPSA) is 62.7 Å². The Kier molecular flexibility index (Phi) is 4.36. The summed E-state index contributed by atoms with van der Waals surface area (Å²) in [5.74, 6) is 0.544. The van der Waals surface area contributed by atoms with Gasteiger partial charge in [-0.1, -0.05) is 12.1 Å². The molecule has 2 aromatic rings. The van der Waals surface area contributed by atoms with Crippen molar-refractivity contribution in [2.75, 3.05) is 17.2 Å². The molecule has 1 heterocycles. The van der Waals surface area contributed by atoms with E-state index in [1.54, 1.807) is 6.08 Å². The molecule has 0 unspecified atom stereocenters. The van der Waals surface area contributed by atoms with Crippen molar-refractivity contribution in [3.8, 4) is 0 Å². The second-order valence-corrected chi connectivity index (χ2v) is 4.04. The lowest BCUT2D eigenvalue weighted by molar-refractivity contribution is -0.137. The van der Waals surface area contributed by atoms with Gasteiger partial charge >= 0.3 is 6.18 Å². The first-order valence-electron chi connectivity index (χ1n) is 5.98. The fourth-order valence-electron chi connectivity index (χ4n) is 1.52. The van der Waals surface area contributed by atoms with Gasteiger partial charge in [0.1, 0.15) is 0 Å². The molecule has 0 fully saturated rings. The molecule has 0 aliphatic heterocycles. The van der Waals surface area contributed by atoms with Crippen molar-refractivity contribution in [2.45, 2.75) is 6.18 Å².